The number of carbonyl (C=O) groups excluding carboxylic acids is 3. The van der Waals surface area contributed by atoms with E-state index in [9.17, 15) is 29.7 Å². The van der Waals surface area contributed by atoms with E-state index in [0.717, 1.165) is 57.8 Å². The quantitative estimate of drug-likeness (QED) is 0.217. The Balaban J connectivity index is -0.000000174. The van der Waals surface area contributed by atoms with Gasteiger partial charge in [-0.15, -0.1) is 0 Å². The first-order valence-electron chi connectivity index (χ1n) is 11.9. The Morgan fingerprint density at radius 2 is 0.613 bits per heavy atom. The second-order valence-electron chi connectivity index (χ2n) is 7.61. The van der Waals surface area contributed by atoms with Gasteiger partial charge in [0, 0.05) is 17.9 Å². The van der Waals surface area contributed by atoms with Crippen LogP contribution in [0.4, 0.5) is 0 Å². The van der Waals surface area contributed by atoms with Gasteiger partial charge in [0.05, 0.1) is 0 Å². The molecule has 6 nitrogen and oxygen atoms in total. The van der Waals surface area contributed by atoms with Crippen LogP contribution in [0.5, 0.6) is 0 Å². The predicted octanol–water partition coefficient (Wildman–Crippen LogP) is 3.29. The first kappa shape index (κ1) is 37.4. The molecule has 0 aromatic rings. The normalized spacial score (nSPS) is 9.39. The van der Waals surface area contributed by atoms with Gasteiger partial charge in [-0.05, 0) is 38.5 Å². The van der Waals surface area contributed by atoms with Crippen molar-refractivity contribution in [2.24, 2.45) is 0 Å². The van der Waals surface area contributed by atoms with Gasteiger partial charge in [-0.25, -0.2) is 0 Å². The Morgan fingerprint density at radius 3 is 0.774 bits per heavy atom. The molecule has 0 aliphatic carbocycles. The summed E-state index contributed by atoms with van der Waals surface area (Å²) in [7, 11) is 0. The van der Waals surface area contributed by atoms with Gasteiger partial charge in [-0.1, -0.05) is 97.8 Å². The fourth-order valence-electron chi connectivity index (χ4n) is 2.62. The van der Waals surface area contributed by atoms with E-state index in [-0.39, 0.29) is 39.4 Å². The monoisotopic (exact) mass is 622 g/mol. The molecule has 7 heteroatoms. The van der Waals surface area contributed by atoms with E-state index >= 15 is 0 Å². The zero-order chi connectivity index (χ0) is 23.5. The summed E-state index contributed by atoms with van der Waals surface area (Å²) in [4.78, 5) is 29.8. The average molecular weight is 622 g/mol. The van der Waals surface area contributed by atoms with Gasteiger partial charge in [0.25, 0.3) is 0 Å². The Kier molecular flexibility index (Phi) is 40.6. The zero-order valence-corrected chi connectivity index (χ0v) is 22.4. The number of carboxylic acids is 3. The van der Waals surface area contributed by atoms with Crippen LogP contribution < -0.4 is 15.3 Å². The Hall–Kier alpha value is -0.941. The van der Waals surface area contributed by atoms with Crippen LogP contribution in [-0.4, -0.2) is 17.9 Å². The summed E-state index contributed by atoms with van der Waals surface area (Å²) >= 11 is 0. The molecule has 0 aromatic carbocycles. The van der Waals surface area contributed by atoms with Crippen molar-refractivity contribution in [3.05, 3.63) is 0 Å². The first-order valence-corrected chi connectivity index (χ1v) is 11.9. The summed E-state index contributed by atoms with van der Waals surface area (Å²) in [5.41, 5.74) is 0. The van der Waals surface area contributed by atoms with E-state index in [1.165, 1.54) is 38.5 Å². The van der Waals surface area contributed by atoms with Crippen LogP contribution in [0.1, 0.15) is 136 Å². The van der Waals surface area contributed by atoms with Gasteiger partial charge in [0.1, 0.15) is 0 Å². The minimum absolute atomic E-state index is 0. The summed E-state index contributed by atoms with van der Waals surface area (Å²) in [5, 5.41) is 29.8. The number of aliphatic carboxylic acids is 3. The van der Waals surface area contributed by atoms with E-state index in [1.54, 1.807) is 0 Å². The number of carbonyl (C=O) groups is 3. The number of hydrogen-bond acceptors (Lipinski definition) is 6. The van der Waals surface area contributed by atoms with Gasteiger partial charge < -0.3 is 29.7 Å². The molecule has 31 heavy (non-hydrogen) atoms. The largest absolute Gasteiger partial charge is 3.00 e. The Labute approximate surface area is 203 Å². The maximum atomic E-state index is 9.92. The molecule has 0 rings (SSSR count). The van der Waals surface area contributed by atoms with Crippen molar-refractivity contribution in [2.75, 3.05) is 0 Å². The molecule has 0 atom stereocenters. The van der Waals surface area contributed by atoms with Crippen LogP contribution in [0.15, 0.2) is 0 Å². The van der Waals surface area contributed by atoms with Crippen LogP contribution in [0.25, 0.3) is 0 Å². The SMILES string of the molecule is CCCCCCCC(=O)[O-].CCCCCCCC(=O)[O-].CCCCCCCC(=O)[O-].[Ir+3]. The number of carboxylic acid groups (broad SMARTS) is 3. The minimum atomic E-state index is -0.920. The molecule has 0 saturated carbocycles. The summed E-state index contributed by atoms with van der Waals surface area (Å²) < 4.78 is 0. The van der Waals surface area contributed by atoms with Crippen molar-refractivity contribution >= 4 is 17.9 Å². The van der Waals surface area contributed by atoms with Gasteiger partial charge in [-0.2, -0.15) is 0 Å². The van der Waals surface area contributed by atoms with Crippen molar-refractivity contribution in [2.45, 2.75) is 136 Å². The maximum Gasteiger partial charge on any atom is 3.00 e. The van der Waals surface area contributed by atoms with E-state index in [4.69, 9.17) is 0 Å². The summed E-state index contributed by atoms with van der Waals surface area (Å²) in [6.45, 7) is 6.41. The van der Waals surface area contributed by atoms with E-state index in [2.05, 4.69) is 20.8 Å². The molecular formula is C24H45IrO6. The van der Waals surface area contributed by atoms with Crippen LogP contribution in [0.3, 0.4) is 0 Å². The molecule has 0 N–H and O–H groups in total. The molecule has 0 heterocycles. The fourth-order valence-corrected chi connectivity index (χ4v) is 2.62. The van der Waals surface area contributed by atoms with Crippen LogP contribution >= 0.6 is 0 Å². The summed E-state index contributed by atoms with van der Waals surface area (Å²) in [6, 6.07) is 0. The molecule has 0 aliphatic heterocycles. The van der Waals surface area contributed by atoms with Crippen LogP contribution in [0.2, 0.25) is 0 Å². The zero-order valence-electron chi connectivity index (χ0n) is 20.0. The third-order valence-corrected chi connectivity index (χ3v) is 4.45. The molecule has 0 radical (unpaired) electrons. The van der Waals surface area contributed by atoms with Gasteiger partial charge in [0.15, 0.2) is 0 Å². The average Bonchev–Trinajstić information content (AvgIpc) is 2.68. The van der Waals surface area contributed by atoms with Gasteiger partial charge >= 0.3 is 20.1 Å². The molecule has 186 valence electrons. The smallest absolute Gasteiger partial charge is 0.550 e. The van der Waals surface area contributed by atoms with Crippen molar-refractivity contribution in [3.8, 4) is 0 Å². The standard InChI is InChI=1S/3C8H16O2.Ir/c3*1-2-3-4-5-6-7-8(9)10;/h3*2-7H2,1H3,(H,9,10);/q;;;+3/p-3. The van der Waals surface area contributed by atoms with E-state index in [1.807, 2.05) is 0 Å². The maximum absolute atomic E-state index is 9.92. The third-order valence-electron chi connectivity index (χ3n) is 4.45. The van der Waals surface area contributed by atoms with Gasteiger partial charge in [-0.3, -0.25) is 0 Å². The second-order valence-corrected chi connectivity index (χ2v) is 7.61. The second kappa shape index (κ2) is 33.7. The van der Waals surface area contributed by atoms with Crippen LogP contribution in [0, 0.1) is 0 Å². The molecule has 0 bridgehead atoms. The molecule has 0 amide bonds. The van der Waals surface area contributed by atoms with Crippen molar-refractivity contribution in [1.29, 1.82) is 0 Å². The number of rotatable bonds is 18. The van der Waals surface area contributed by atoms with Gasteiger partial charge in [0.2, 0.25) is 0 Å². The topological polar surface area (TPSA) is 120 Å². The molecule has 0 aromatic heterocycles. The number of unbranched alkanes of at least 4 members (excludes halogenated alkanes) is 12. The molecule has 0 aliphatic rings. The van der Waals surface area contributed by atoms with Crippen molar-refractivity contribution in [1.82, 2.24) is 0 Å². The predicted molar refractivity (Wildman–Crippen MR) is 115 cm³/mol. The Bertz CT molecular complexity index is 331. The summed E-state index contributed by atoms with van der Waals surface area (Å²) in [5.74, 6) is -2.76. The first-order chi connectivity index (χ1) is 14.3. The minimum Gasteiger partial charge on any atom is -0.550 e. The summed E-state index contributed by atoms with van der Waals surface area (Å²) in [6.07, 6.45) is 16.8. The van der Waals surface area contributed by atoms with Crippen LogP contribution in [-0.2, 0) is 34.5 Å². The van der Waals surface area contributed by atoms with Crippen molar-refractivity contribution in [3.63, 3.8) is 0 Å². The molecule has 0 saturated heterocycles. The fraction of sp³-hybridized carbons (Fsp3) is 0.875. The molecular weight excluding hydrogens is 576 g/mol. The van der Waals surface area contributed by atoms with Crippen molar-refractivity contribution < 1.29 is 49.8 Å². The van der Waals surface area contributed by atoms with E-state index in [0.29, 0.717) is 0 Å². The number of hydrogen-bond donors (Lipinski definition) is 0. The molecule has 0 unspecified atom stereocenters. The molecule has 0 fully saturated rings. The Morgan fingerprint density at radius 1 is 0.419 bits per heavy atom. The molecule has 0 spiro atoms. The third kappa shape index (κ3) is 52.9. The van der Waals surface area contributed by atoms with E-state index < -0.39 is 17.9 Å².